The predicted octanol–water partition coefficient (Wildman–Crippen LogP) is 15.8. The van der Waals surface area contributed by atoms with Crippen LogP contribution in [0.1, 0.15) is 53.0 Å². The van der Waals surface area contributed by atoms with Gasteiger partial charge in [0, 0.05) is 33.4 Å². The number of ether oxygens (including phenoxy) is 2. The summed E-state index contributed by atoms with van der Waals surface area (Å²) in [4.78, 5) is 30.1. The van der Waals surface area contributed by atoms with Gasteiger partial charge in [0.15, 0.2) is 0 Å². The van der Waals surface area contributed by atoms with Crippen LogP contribution in [-0.4, -0.2) is 25.2 Å². The summed E-state index contributed by atoms with van der Waals surface area (Å²) in [6.45, 7) is 3.98. The molecular weight excluding hydrogens is 815 g/mol. The number of rotatable bonds is 12. The maximum atomic E-state index is 14.0. The molecule has 0 saturated carbocycles. The number of hydrogen-bond acceptors (Lipinski definition) is 6. The maximum absolute atomic E-state index is 14.0. The zero-order valence-corrected chi connectivity index (χ0v) is 36.9. The molecule has 322 valence electrons. The van der Waals surface area contributed by atoms with E-state index in [4.69, 9.17) is 13.9 Å². The average Bonchev–Trinajstić information content (AvgIpc) is 3.77. The van der Waals surface area contributed by atoms with Gasteiger partial charge in [-0.2, -0.15) is 0 Å². The van der Waals surface area contributed by atoms with Crippen LogP contribution in [0.15, 0.2) is 205 Å². The minimum Gasteiger partial charge on any atom is -0.462 e. The summed E-state index contributed by atoms with van der Waals surface area (Å²) >= 11 is 0. The zero-order valence-electron chi connectivity index (χ0n) is 36.9. The van der Waals surface area contributed by atoms with Crippen LogP contribution in [0, 0.1) is 0 Å². The van der Waals surface area contributed by atoms with Crippen molar-refractivity contribution in [1.29, 1.82) is 0 Å². The Morgan fingerprint density at radius 3 is 1.64 bits per heavy atom. The minimum absolute atomic E-state index is 0.195. The molecular formula is C60H47NO5. The lowest BCUT2D eigenvalue weighted by Gasteiger charge is -2.26. The van der Waals surface area contributed by atoms with Crippen LogP contribution >= 0.6 is 0 Å². The molecule has 0 bridgehead atoms. The molecule has 0 spiro atoms. The van der Waals surface area contributed by atoms with E-state index in [0.29, 0.717) is 22.3 Å². The van der Waals surface area contributed by atoms with Gasteiger partial charge in [0.25, 0.3) is 0 Å². The van der Waals surface area contributed by atoms with Crippen LogP contribution in [-0.2, 0) is 9.47 Å². The number of nitrogens with zero attached hydrogens (tertiary/aromatic N) is 1. The van der Waals surface area contributed by atoms with Crippen LogP contribution in [0.2, 0.25) is 0 Å². The second kappa shape index (κ2) is 18.5. The third-order valence-corrected chi connectivity index (χ3v) is 12.2. The Labute approximate surface area is 384 Å². The van der Waals surface area contributed by atoms with Gasteiger partial charge in [-0.3, -0.25) is 0 Å². The van der Waals surface area contributed by atoms with Crippen molar-refractivity contribution < 1.29 is 23.5 Å². The van der Waals surface area contributed by atoms with Crippen LogP contribution in [0.4, 0.5) is 17.1 Å². The second-order valence-electron chi connectivity index (χ2n) is 16.2. The van der Waals surface area contributed by atoms with Crippen LogP contribution in [0.25, 0.3) is 72.0 Å². The second-order valence-corrected chi connectivity index (χ2v) is 16.2. The molecule has 0 N–H and O–H groups in total. The molecule has 0 aliphatic heterocycles. The number of para-hydroxylation sites is 2. The predicted molar refractivity (Wildman–Crippen MR) is 268 cm³/mol. The molecule has 1 aromatic heterocycles. The molecule has 0 atom stereocenters. The van der Waals surface area contributed by atoms with E-state index in [9.17, 15) is 9.59 Å². The number of esters is 2. The number of carbonyl (C=O) groups excluding carboxylic acids is 2. The van der Waals surface area contributed by atoms with Gasteiger partial charge in [0.05, 0.1) is 24.3 Å². The van der Waals surface area contributed by atoms with Crippen molar-refractivity contribution in [2.45, 2.75) is 26.7 Å². The van der Waals surface area contributed by atoms with Crippen molar-refractivity contribution in [3.8, 4) is 44.5 Å². The van der Waals surface area contributed by atoms with E-state index < -0.39 is 11.9 Å². The smallest absolute Gasteiger partial charge is 0.338 e. The summed E-state index contributed by atoms with van der Waals surface area (Å²) in [6.07, 6.45) is 8.81. The largest absolute Gasteiger partial charge is 0.462 e. The van der Waals surface area contributed by atoms with Gasteiger partial charge in [-0.15, -0.1) is 0 Å². The molecule has 9 aromatic rings. The zero-order chi connectivity index (χ0) is 45.0. The molecule has 0 unspecified atom stereocenters. The quantitative estimate of drug-likeness (QED) is 0.114. The van der Waals surface area contributed by atoms with Gasteiger partial charge >= 0.3 is 11.9 Å². The van der Waals surface area contributed by atoms with E-state index >= 15 is 0 Å². The standard InChI is InChI=1S/C60H47NO5/c1-3-64-59(62)55-39-54(50-21-12-11-20-48(50)42-18-9-6-10-19-42)56(60(63)65-4-2)38-53(55)44-30-36-47(37-31-44)61(45-32-26-41(27-33-45)40-16-7-5-8-17-40)46-34-28-43(29-35-46)49-23-15-24-52-51-22-13-14-25-57(51)66-58(49)52/h6-7,9-39H,3-5,8H2,1-2H3. The summed E-state index contributed by atoms with van der Waals surface area (Å²) in [7, 11) is 0. The van der Waals surface area contributed by atoms with E-state index in [1.807, 2.05) is 84.9 Å². The van der Waals surface area contributed by atoms with Crippen LogP contribution in [0.3, 0.4) is 0 Å². The molecule has 6 heteroatoms. The third kappa shape index (κ3) is 8.10. The number of anilines is 3. The summed E-state index contributed by atoms with van der Waals surface area (Å²) in [5.74, 6) is -0.953. The first-order chi connectivity index (χ1) is 32.5. The lowest BCUT2D eigenvalue weighted by atomic mass is 9.87. The highest BCUT2D eigenvalue weighted by atomic mass is 16.5. The van der Waals surface area contributed by atoms with E-state index in [0.717, 1.165) is 90.8 Å². The first kappa shape index (κ1) is 41.8. The Morgan fingerprint density at radius 1 is 0.485 bits per heavy atom. The topological polar surface area (TPSA) is 69.0 Å². The van der Waals surface area contributed by atoms with Gasteiger partial charge in [-0.1, -0.05) is 146 Å². The summed E-state index contributed by atoms with van der Waals surface area (Å²) in [5.41, 5.74) is 14.4. The molecule has 6 nitrogen and oxygen atoms in total. The Bertz CT molecular complexity index is 3290. The molecule has 8 aromatic carbocycles. The number of carbonyl (C=O) groups is 2. The fourth-order valence-electron chi connectivity index (χ4n) is 9.04. The molecule has 0 radical (unpaired) electrons. The van der Waals surface area contributed by atoms with Crippen molar-refractivity contribution in [3.05, 3.63) is 217 Å². The highest BCUT2D eigenvalue weighted by molar-refractivity contribution is 6.10. The Kier molecular flexibility index (Phi) is 11.7. The number of benzene rings is 8. The summed E-state index contributed by atoms with van der Waals surface area (Å²) in [6, 6.07) is 61.3. The normalized spacial score (nSPS) is 12.2. The highest BCUT2D eigenvalue weighted by Gasteiger charge is 2.25. The number of hydrogen-bond donors (Lipinski definition) is 0. The van der Waals surface area contributed by atoms with E-state index in [1.165, 1.54) is 5.57 Å². The third-order valence-electron chi connectivity index (χ3n) is 12.2. The number of furan rings is 1. The fourth-order valence-corrected chi connectivity index (χ4v) is 9.04. The van der Waals surface area contributed by atoms with Crippen LogP contribution < -0.4 is 4.90 Å². The molecule has 0 amide bonds. The average molecular weight is 862 g/mol. The van der Waals surface area contributed by atoms with E-state index in [2.05, 4.69) is 108 Å². The monoisotopic (exact) mass is 861 g/mol. The molecule has 1 aliphatic carbocycles. The summed E-state index contributed by atoms with van der Waals surface area (Å²) < 4.78 is 17.8. The number of fused-ring (bicyclic) bond motifs is 3. The SMILES string of the molecule is CCOC(=O)c1cc(-c2ccccc2-c2ccccc2)c(C(=O)OCC)cc1-c1ccc(N(c2ccc(C3=CCCC=C3)cc2)c2ccc(-c3cccc4c3oc3ccccc34)cc2)cc1. The van der Waals surface area contributed by atoms with Gasteiger partial charge in [0.2, 0.25) is 0 Å². The van der Waals surface area contributed by atoms with Gasteiger partial charge in [-0.05, 0) is 131 Å². The van der Waals surface area contributed by atoms with Crippen molar-refractivity contribution in [2.75, 3.05) is 18.1 Å². The van der Waals surface area contributed by atoms with Gasteiger partial charge < -0.3 is 18.8 Å². The van der Waals surface area contributed by atoms with Crippen molar-refractivity contribution in [3.63, 3.8) is 0 Å². The minimum atomic E-state index is -0.478. The highest BCUT2D eigenvalue weighted by Crippen LogP contribution is 2.42. The summed E-state index contributed by atoms with van der Waals surface area (Å²) in [5, 5.41) is 2.18. The maximum Gasteiger partial charge on any atom is 0.338 e. The van der Waals surface area contributed by atoms with E-state index in [1.54, 1.807) is 26.0 Å². The first-order valence-electron chi connectivity index (χ1n) is 22.5. The fraction of sp³-hybridized carbons (Fsp3) is 0.100. The molecule has 0 saturated heterocycles. The number of allylic oxidation sites excluding steroid dienone is 4. The van der Waals surface area contributed by atoms with Crippen molar-refractivity contribution >= 4 is 56.5 Å². The Morgan fingerprint density at radius 2 is 1.00 bits per heavy atom. The lowest BCUT2D eigenvalue weighted by molar-refractivity contribution is 0.0513. The Balaban J connectivity index is 1.07. The van der Waals surface area contributed by atoms with Gasteiger partial charge in [0.1, 0.15) is 11.2 Å². The van der Waals surface area contributed by atoms with Crippen LogP contribution in [0.5, 0.6) is 0 Å². The first-order valence-corrected chi connectivity index (χ1v) is 22.5. The molecule has 10 rings (SSSR count). The molecule has 1 heterocycles. The van der Waals surface area contributed by atoms with Crippen molar-refractivity contribution in [2.24, 2.45) is 0 Å². The molecule has 1 aliphatic rings. The molecule has 0 fully saturated rings. The van der Waals surface area contributed by atoms with Gasteiger partial charge in [-0.25, -0.2) is 9.59 Å². The lowest BCUT2D eigenvalue weighted by Crippen LogP contribution is -2.12. The van der Waals surface area contributed by atoms with Crippen molar-refractivity contribution in [1.82, 2.24) is 0 Å². The van der Waals surface area contributed by atoms with E-state index in [-0.39, 0.29) is 13.2 Å². The Hall–Kier alpha value is -8.22. The molecule has 66 heavy (non-hydrogen) atoms.